The van der Waals surface area contributed by atoms with Crippen LogP contribution in [0.3, 0.4) is 0 Å². The molecule has 16 aromatic rings. The maximum atomic E-state index is 2.70. The number of aromatic nitrogens is 2. The van der Waals surface area contributed by atoms with Crippen LogP contribution in [-0.4, -0.2) is 15.8 Å². The minimum absolute atomic E-state index is 0.141. The van der Waals surface area contributed by atoms with Gasteiger partial charge < -0.3 is 18.9 Å². The number of nitrogens with zero attached hydrogens (tertiary/aromatic N) is 4. The third-order valence-corrected chi connectivity index (χ3v) is 21.5. The highest BCUT2D eigenvalue weighted by Crippen LogP contribution is 2.52. The Bertz CT molecular complexity index is 5700. The van der Waals surface area contributed by atoms with Crippen molar-refractivity contribution in [3.63, 3.8) is 0 Å². The largest absolute Gasteiger partial charge is 0.311 e. The summed E-state index contributed by atoms with van der Waals surface area (Å²) in [5, 5.41) is 14.9. The first kappa shape index (κ1) is 58.9. The van der Waals surface area contributed by atoms with Gasteiger partial charge in [-0.2, -0.15) is 0 Å². The van der Waals surface area contributed by atoms with Crippen molar-refractivity contribution in [3.8, 4) is 22.5 Å². The van der Waals surface area contributed by atoms with E-state index in [-0.39, 0.29) is 28.4 Å². The molecule has 14 aromatic carbocycles. The number of fused-ring (bicyclic) bond motifs is 17. The second-order valence-corrected chi connectivity index (χ2v) is 31.9. The fraction of sp³-hybridized carbons (Fsp3) is 0.174. The predicted molar refractivity (Wildman–Crippen MR) is 419 cm³/mol. The molecule has 0 bridgehead atoms. The molecule has 0 saturated carbocycles. The smallest absolute Gasteiger partial charge is 0.252 e. The van der Waals surface area contributed by atoms with E-state index in [1.54, 1.807) is 0 Å². The Balaban J connectivity index is 1.00. The van der Waals surface area contributed by atoms with Crippen LogP contribution in [0.15, 0.2) is 261 Å². The Morgan fingerprint density at radius 3 is 1.18 bits per heavy atom. The first-order valence-electron chi connectivity index (χ1n) is 34.8. The average Bonchev–Trinajstić information content (AvgIpc) is 1.36. The Labute approximate surface area is 569 Å². The Morgan fingerprint density at radius 1 is 0.258 bits per heavy atom. The summed E-state index contributed by atoms with van der Waals surface area (Å²) in [5.74, 6) is 0. The van der Waals surface area contributed by atoms with Gasteiger partial charge in [0.1, 0.15) is 0 Å². The second-order valence-electron chi connectivity index (χ2n) is 31.9. The van der Waals surface area contributed by atoms with Crippen molar-refractivity contribution in [3.05, 3.63) is 283 Å². The minimum Gasteiger partial charge on any atom is -0.311 e. The molecule has 0 unspecified atom stereocenters. The lowest BCUT2D eigenvalue weighted by molar-refractivity contribution is 0.568. The zero-order valence-corrected chi connectivity index (χ0v) is 57.7. The standard InChI is InChI=1S/C92H79BN4/c1-89(2,3)62-48-63(90(4,5)6)51-68(50-62)95-82-54-74-59(37-35-56-25-19-21-31-70(56)74)44-77(82)93-78-45-60-38-36-57-26-20-22-32-71(57)75(60)55-83(78)96(69-52-64(91(7,8)9)49-65(53-69)92(10,11)12)85-47-61(46-84(95)87(85)93)58-39-41-80-76(43-58)72-40-42-81-86(88(72)97(80)67-29-17-14-18-30-67)73-33-23-24-34-79(73)94(81)66-27-15-13-16-28-66/h13-55H,1-12H3. The summed E-state index contributed by atoms with van der Waals surface area (Å²) in [5.41, 5.74) is 25.1. The number of rotatable bonds is 5. The number of anilines is 6. The van der Waals surface area contributed by atoms with Crippen molar-refractivity contribution < 1.29 is 0 Å². The minimum atomic E-state index is -0.143. The van der Waals surface area contributed by atoms with E-state index in [0.717, 1.165) is 22.5 Å². The van der Waals surface area contributed by atoms with Crippen molar-refractivity contribution in [2.24, 2.45) is 0 Å². The van der Waals surface area contributed by atoms with Gasteiger partial charge in [-0.15, -0.1) is 0 Å². The molecule has 2 aliphatic rings. The molecule has 18 rings (SSSR count). The molecule has 0 spiro atoms. The van der Waals surface area contributed by atoms with Crippen molar-refractivity contribution in [2.45, 2.75) is 105 Å². The summed E-state index contributed by atoms with van der Waals surface area (Å²) in [7, 11) is 0. The van der Waals surface area contributed by atoms with Crippen LogP contribution in [0.1, 0.15) is 105 Å². The Hall–Kier alpha value is -10.6. The van der Waals surface area contributed by atoms with E-state index in [0.29, 0.717) is 0 Å². The van der Waals surface area contributed by atoms with E-state index in [2.05, 4.69) is 363 Å². The van der Waals surface area contributed by atoms with Crippen LogP contribution in [0.4, 0.5) is 34.1 Å². The maximum absolute atomic E-state index is 2.70. The van der Waals surface area contributed by atoms with E-state index in [9.17, 15) is 0 Å². The van der Waals surface area contributed by atoms with Crippen LogP contribution in [0, 0.1) is 0 Å². The number of hydrogen-bond donors (Lipinski definition) is 0. The molecular formula is C92H79BN4. The molecule has 0 atom stereocenters. The van der Waals surface area contributed by atoms with Crippen LogP contribution >= 0.6 is 0 Å². The van der Waals surface area contributed by atoms with Gasteiger partial charge in [0.05, 0.1) is 22.1 Å². The third kappa shape index (κ3) is 9.17. The summed E-state index contributed by atoms with van der Waals surface area (Å²) >= 11 is 0. The predicted octanol–water partition coefficient (Wildman–Crippen LogP) is 23.4. The molecule has 2 aromatic heterocycles. The van der Waals surface area contributed by atoms with Gasteiger partial charge in [0.2, 0.25) is 0 Å². The Morgan fingerprint density at radius 2 is 0.680 bits per heavy atom. The number of para-hydroxylation sites is 3. The normalized spacial score (nSPS) is 13.5. The van der Waals surface area contributed by atoms with E-state index in [1.165, 1.54) is 159 Å². The van der Waals surface area contributed by atoms with E-state index >= 15 is 0 Å². The highest BCUT2D eigenvalue weighted by atomic mass is 15.2. The van der Waals surface area contributed by atoms with Crippen LogP contribution in [0.2, 0.25) is 0 Å². The summed E-state index contributed by atoms with van der Waals surface area (Å²) in [6.45, 7) is 28.3. The zero-order chi connectivity index (χ0) is 66.3. The first-order valence-corrected chi connectivity index (χ1v) is 34.8. The molecule has 0 amide bonds. The molecule has 0 radical (unpaired) electrons. The topological polar surface area (TPSA) is 16.3 Å². The maximum Gasteiger partial charge on any atom is 0.252 e. The van der Waals surface area contributed by atoms with Crippen molar-refractivity contribution in [1.29, 1.82) is 0 Å². The molecule has 0 saturated heterocycles. The van der Waals surface area contributed by atoms with Crippen LogP contribution in [-0.2, 0) is 21.7 Å². The summed E-state index contributed by atoms with van der Waals surface area (Å²) in [4.78, 5) is 5.39. The van der Waals surface area contributed by atoms with Crippen molar-refractivity contribution in [1.82, 2.24) is 9.13 Å². The molecule has 4 nitrogen and oxygen atoms in total. The molecule has 97 heavy (non-hydrogen) atoms. The van der Waals surface area contributed by atoms with Gasteiger partial charge >= 0.3 is 0 Å². The lowest BCUT2D eigenvalue weighted by atomic mass is 9.33. The SMILES string of the molecule is CC(C)(C)c1cc(N2c3cc4c(ccc5ccccc54)cc3B3c4cc5ccc6ccccc6c5cc4N(c4cc(C(C)(C)C)cc(C(C)(C)C)c4)c4cc(-c5ccc6c(c5)c5ccc7c(c8ccccc8n7-c7ccccc7)c5n6-c5ccccc5)cc2c43)cc(C(C)(C)C)c1. The average molecular weight is 1250 g/mol. The quantitative estimate of drug-likeness (QED) is 0.126. The zero-order valence-electron chi connectivity index (χ0n) is 57.7. The molecule has 0 fully saturated rings. The molecule has 5 heteroatoms. The van der Waals surface area contributed by atoms with Gasteiger partial charge in [0.25, 0.3) is 6.71 Å². The lowest BCUT2D eigenvalue weighted by Crippen LogP contribution is -2.61. The van der Waals surface area contributed by atoms with Gasteiger partial charge in [-0.1, -0.05) is 247 Å². The summed E-state index contributed by atoms with van der Waals surface area (Å²) in [6, 6.07) is 101. The highest BCUT2D eigenvalue weighted by Gasteiger charge is 2.45. The number of hydrogen-bond acceptors (Lipinski definition) is 2. The fourth-order valence-corrected chi connectivity index (χ4v) is 16.4. The van der Waals surface area contributed by atoms with Gasteiger partial charge in [-0.25, -0.2) is 0 Å². The third-order valence-electron chi connectivity index (χ3n) is 21.5. The molecule has 2 aliphatic heterocycles. The summed E-state index contributed by atoms with van der Waals surface area (Å²) in [6.07, 6.45) is 0. The van der Waals surface area contributed by atoms with E-state index in [1.807, 2.05) is 0 Å². The van der Waals surface area contributed by atoms with E-state index in [4.69, 9.17) is 0 Å². The highest BCUT2D eigenvalue weighted by molar-refractivity contribution is 7.00. The molecular weight excluding hydrogens is 1170 g/mol. The lowest BCUT2D eigenvalue weighted by Gasteiger charge is -2.45. The van der Waals surface area contributed by atoms with Crippen molar-refractivity contribution >= 4 is 144 Å². The Kier molecular flexibility index (Phi) is 12.7. The van der Waals surface area contributed by atoms with Crippen LogP contribution in [0.5, 0.6) is 0 Å². The monoisotopic (exact) mass is 1250 g/mol. The van der Waals surface area contributed by atoms with Gasteiger partial charge in [0.15, 0.2) is 0 Å². The first-order chi connectivity index (χ1) is 46.6. The van der Waals surface area contributed by atoms with Gasteiger partial charge in [0, 0.05) is 67.0 Å². The molecule has 0 aliphatic carbocycles. The van der Waals surface area contributed by atoms with Crippen LogP contribution in [0.25, 0.3) is 109 Å². The van der Waals surface area contributed by atoms with Gasteiger partial charge in [-0.05, 0) is 212 Å². The molecule has 0 N–H and O–H groups in total. The summed E-state index contributed by atoms with van der Waals surface area (Å²) < 4.78 is 4.98. The van der Waals surface area contributed by atoms with Crippen LogP contribution < -0.4 is 26.2 Å². The van der Waals surface area contributed by atoms with Gasteiger partial charge in [-0.3, -0.25) is 0 Å². The molecule has 470 valence electrons. The second kappa shape index (κ2) is 20.9. The van der Waals surface area contributed by atoms with Crippen molar-refractivity contribution in [2.75, 3.05) is 9.80 Å². The number of benzene rings is 14. The van der Waals surface area contributed by atoms with E-state index < -0.39 is 0 Å². The fourth-order valence-electron chi connectivity index (χ4n) is 16.4. The molecule has 4 heterocycles.